The van der Waals surface area contributed by atoms with E-state index in [0.29, 0.717) is 19.1 Å². The lowest BCUT2D eigenvalue weighted by molar-refractivity contribution is -0.127. The van der Waals surface area contributed by atoms with Crippen LogP contribution in [0.1, 0.15) is 67.2 Å². The van der Waals surface area contributed by atoms with Gasteiger partial charge in [-0.1, -0.05) is 20.8 Å². The van der Waals surface area contributed by atoms with E-state index in [9.17, 15) is 4.79 Å². The largest absolute Gasteiger partial charge is 0.381 e. The van der Waals surface area contributed by atoms with Gasteiger partial charge in [0.25, 0.3) is 0 Å². The predicted octanol–water partition coefficient (Wildman–Crippen LogP) is 3.68. The fraction of sp³-hybridized carbons (Fsp3) is 0.947. The molecule has 0 spiro atoms. The van der Waals surface area contributed by atoms with Crippen molar-refractivity contribution < 1.29 is 14.3 Å². The van der Waals surface area contributed by atoms with Crippen LogP contribution in [0.4, 0.5) is 0 Å². The minimum absolute atomic E-state index is 0.0365. The van der Waals surface area contributed by atoms with Crippen molar-refractivity contribution in [3.8, 4) is 0 Å². The molecule has 4 heteroatoms. The van der Waals surface area contributed by atoms with E-state index in [1.54, 1.807) is 0 Å². The first-order chi connectivity index (χ1) is 10.6. The lowest BCUT2D eigenvalue weighted by atomic mass is 9.89. The standard InChI is InChI=1S/C19H37NO3/c1-18(2,3)17(21)10-15-22-14-7-11-20-12-8-16(9-13-20)23-19(4,5)6/h16H,7-15H2,1-6H3. The summed E-state index contributed by atoms with van der Waals surface area (Å²) in [6.07, 6.45) is 4.22. The zero-order chi connectivity index (χ0) is 17.5. The van der Waals surface area contributed by atoms with E-state index in [-0.39, 0.29) is 16.8 Å². The predicted molar refractivity (Wildman–Crippen MR) is 94.8 cm³/mol. The zero-order valence-corrected chi connectivity index (χ0v) is 16.1. The van der Waals surface area contributed by atoms with Gasteiger partial charge in [-0.2, -0.15) is 0 Å². The number of ether oxygens (including phenoxy) is 2. The molecule has 0 aromatic heterocycles. The van der Waals surface area contributed by atoms with Crippen LogP contribution < -0.4 is 0 Å². The molecule has 136 valence electrons. The molecule has 0 aromatic carbocycles. The van der Waals surface area contributed by atoms with Gasteiger partial charge in [0.15, 0.2) is 0 Å². The van der Waals surface area contributed by atoms with Crippen molar-refractivity contribution in [1.82, 2.24) is 4.90 Å². The molecule has 23 heavy (non-hydrogen) atoms. The van der Waals surface area contributed by atoms with E-state index < -0.39 is 0 Å². The maximum atomic E-state index is 11.8. The third-order valence-corrected chi connectivity index (χ3v) is 4.13. The summed E-state index contributed by atoms with van der Waals surface area (Å²) in [6.45, 7) is 16.9. The van der Waals surface area contributed by atoms with Crippen molar-refractivity contribution in [2.75, 3.05) is 32.8 Å². The summed E-state index contributed by atoms with van der Waals surface area (Å²) in [5.74, 6) is 0.276. The molecule has 0 atom stereocenters. The second-order valence-corrected chi connectivity index (χ2v) is 8.66. The van der Waals surface area contributed by atoms with E-state index in [2.05, 4.69) is 25.7 Å². The minimum atomic E-state index is -0.247. The van der Waals surface area contributed by atoms with Crippen LogP contribution in [0.5, 0.6) is 0 Å². The second kappa shape index (κ2) is 9.14. The third kappa shape index (κ3) is 9.43. The van der Waals surface area contributed by atoms with Crippen molar-refractivity contribution in [2.24, 2.45) is 5.41 Å². The highest BCUT2D eigenvalue weighted by molar-refractivity contribution is 5.83. The van der Waals surface area contributed by atoms with Crippen LogP contribution in [-0.4, -0.2) is 55.2 Å². The van der Waals surface area contributed by atoms with Gasteiger partial charge in [0, 0.05) is 38.1 Å². The van der Waals surface area contributed by atoms with Crippen molar-refractivity contribution in [2.45, 2.75) is 78.9 Å². The number of ketones is 1. The molecule has 0 bridgehead atoms. The third-order valence-electron chi connectivity index (χ3n) is 4.13. The Kier molecular flexibility index (Phi) is 8.19. The van der Waals surface area contributed by atoms with E-state index in [1.165, 1.54) is 0 Å². The average molecular weight is 328 g/mol. The number of likely N-dealkylation sites (tertiary alicyclic amines) is 1. The van der Waals surface area contributed by atoms with Gasteiger partial charge in [-0.15, -0.1) is 0 Å². The molecule has 0 N–H and O–H groups in total. The highest BCUT2D eigenvalue weighted by atomic mass is 16.5. The van der Waals surface area contributed by atoms with Gasteiger partial charge >= 0.3 is 0 Å². The molecule has 0 aromatic rings. The number of hydrogen-bond acceptors (Lipinski definition) is 4. The number of carbonyl (C=O) groups is 1. The van der Waals surface area contributed by atoms with Crippen LogP contribution in [0.2, 0.25) is 0 Å². The van der Waals surface area contributed by atoms with Crippen molar-refractivity contribution >= 4 is 5.78 Å². The highest BCUT2D eigenvalue weighted by Gasteiger charge is 2.24. The first-order valence-corrected chi connectivity index (χ1v) is 9.09. The maximum absolute atomic E-state index is 11.8. The Balaban J connectivity index is 2.03. The lowest BCUT2D eigenvalue weighted by Gasteiger charge is -2.35. The van der Waals surface area contributed by atoms with Gasteiger partial charge in [0.1, 0.15) is 5.78 Å². The Bertz CT molecular complexity index is 347. The Morgan fingerprint density at radius 3 is 2.17 bits per heavy atom. The van der Waals surface area contributed by atoms with Crippen LogP contribution in [0.3, 0.4) is 0 Å². The summed E-state index contributed by atoms with van der Waals surface area (Å²) in [5.41, 5.74) is -0.284. The maximum Gasteiger partial charge on any atom is 0.140 e. The number of piperidine rings is 1. The zero-order valence-electron chi connectivity index (χ0n) is 16.1. The minimum Gasteiger partial charge on any atom is -0.381 e. The molecule has 0 saturated carbocycles. The summed E-state index contributed by atoms with van der Waals surface area (Å²) >= 11 is 0. The Hall–Kier alpha value is -0.450. The Labute approximate surface area is 142 Å². The van der Waals surface area contributed by atoms with E-state index >= 15 is 0 Å². The molecule has 1 rings (SSSR count). The van der Waals surface area contributed by atoms with Crippen molar-refractivity contribution in [3.63, 3.8) is 0 Å². The van der Waals surface area contributed by atoms with E-state index in [0.717, 1.165) is 45.5 Å². The highest BCUT2D eigenvalue weighted by Crippen LogP contribution is 2.20. The normalized spacial score (nSPS) is 18.3. The number of carbonyl (C=O) groups excluding carboxylic acids is 1. The van der Waals surface area contributed by atoms with E-state index in [1.807, 2.05) is 20.8 Å². The van der Waals surface area contributed by atoms with Gasteiger partial charge in [0.05, 0.1) is 18.3 Å². The SMILES string of the molecule is CC(C)(C)OC1CCN(CCCOCCC(=O)C(C)(C)C)CC1. The molecule has 0 unspecified atom stereocenters. The van der Waals surface area contributed by atoms with Crippen LogP contribution in [-0.2, 0) is 14.3 Å². The van der Waals surface area contributed by atoms with Crippen LogP contribution >= 0.6 is 0 Å². The summed E-state index contributed by atoms with van der Waals surface area (Å²) in [4.78, 5) is 14.3. The molecular weight excluding hydrogens is 290 g/mol. The first kappa shape index (κ1) is 20.6. The molecule has 1 aliphatic rings. The topological polar surface area (TPSA) is 38.8 Å². The van der Waals surface area contributed by atoms with Crippen molar-refractivity contribution in [1.29, 1.82) is 0 Å². The fourth-order valence-corrected chi connectivity index (χ4v) is 2.78. The molecule has 1 saturated heterocycles. The number of Topliss-reactive ketones (excluding diaryl/α,β-unsaturated/α-hetero) is 1. The van der Waals surface area contributed by atoms with Gasteiger partial charge in [0.2, 0.25) is 0 Å². The summed E-state index contributed by atoms with van der Waals surface area (Å²) in [6, 6.07) is 0. The summed E-state index contributed by atoms with van der Waals surface area (Å²) in [5, 5.41) is 0. The lowest BCUT2D eigenvalue weighted by Crippen LogP contribution is -2.40. The van der Waals surface area contributed by atoms with Crippen molar-refractivity contribution in [3.05, 3.63) is 0 Å². The average Bonchev–Trinajstić information content (AvgIpc) is 2.41. The Morgan fingerprint density at radius 2 is 1.65 bits per heavy atom. The van der Waals surface area contributed by atoms with Gasteiger partial charge < -0.3 is 14.4 Å². The molecule has 0 amide bonds. The number of hydrogen-bond donors (Lipinski definition) is 0. The van der Waals surface area contributed by atoms with Gasteiger partial charge in [-0.05, 0) is 40.0 Å². The smallest absolute Gasteiger partial charge is 0.140 e. The van der Waals surface area contributed by atoms with Crippen LogP contribution in [0, 0.1) is 5.41 Å². The van der Waals surface area contributed by atoms with Gasteiger partial charge in [-0.3, -0.25) is 4.79 Å². The fourth-order valence-electron chi connectivity index (χ4n) is 2.78. The number of nitrogens with zero attached hydrogens (tertiary/aromatic N) is 1. The number of rotatable bonds is 8. The second-order valence-electron chi connectivity index (χ2n) is 8.66. The summed E-state index contributed by atoms with van der Waals surface area (Å²) < 4.78 is 11.7. The molecule has 1 fully saturated rings. The summed E-state index contributed by atoms with van der Waals surface area (Å²) in [7, 11) is 0. The monoisotopic (exact) mass is 327 g/mol. The Morgan fingerprint density at radius 1 is 1.04 bits per heavy atom. The molecule has 0 radical (unpaired) electrons. The molecule has 0 aliphatic carbocycles. The van der Waals surface area contributed by atoms with E-state index in [4.69, 9.17) is 9.47 Å². The quantitative estimate of drug-likeness (QED) is 0.638. The molecule has 1 aliphatic heterocycles. The van der Waals surface area contributed by atoms with Crippen LogP contribution in [0.15, 0.2) is 0 Å². The van der Waals surface area contributed by atoms with Gasteiger partial charge in [-0.25, -0.2) is 0 Å². The van der Waals surface area contributed by atoms with Crippen LogP contribution in [0.25, 0.3) is 0 Å². The molecule has 4 nitrogen and oxygen atoms in total. The first-order valence-electron chi connectivity index (χ1n) is 9.09. The molecule has 1 heterocycles. The molecular formula is C19H37NO3.